The molecule has 0 aliphatic rings. The summed E-state index contributed by atoms with van der Waals surface area (Å²) in [5.74, 6) is 0. The van der Waals surface area contributed by atoms with Gasteiger partial charge in [0, 0.05) is 0 Å². The van der Waals surface area contributed by atoms with Crippen LogP contribution in [0.25, 0.3) is 0 Å². The molecule has 2 radical (unpaired) electrons. The first-order valence-electron chi connectivity index (χ1n) is 0.873. The van der Waals surface area contributed by atoms with Gasteiger partial charge in [0.05, 0.1) is 0 Å². The van der Waals surface area contributed by atoms with Crippen LogP contribution in [-0.4, -0.2) is 12.2 Å². The number of hydrogen-bond donors (Lipinski definition) is 0. The molecule has 0 N–H and O–H groups in total. The molecule has 0 aliphatic carbocycles. The van der Waals surface area contributed by atoms with E-state index in [2.05, 4.69) is 45.8 Å². The van der Waals surface area contributed by atoms with Gasteiger partial charge in [-0.05, 0) is 0 Å². The molecule has 0 aliphatic heterocycles. The summed E-state index contributed by atoms with van der Waals surface area (Å²) >= 11 is 18.6. The molecule has 0 fully saturated rings. The monoisotopic (exact) mass is 162 g/mol. The minimum absolute atomic E-state index is 0.944. The van der Waals surface area contributed by atoms with Gasteiger partial charge in [-0.3, -0.25) is 0 Å². The van der Waals surface area contributed by atoms with E-state index in [-0.39, 0.29) is 0 Å². The van der Waals surface area contributed by atoms with Crippen molar-refractivity contribution < 1.29 is 0 Å². The normalized spacial score (nSPS) is 4.67. The van der Waals surface area contributed by atoms with Crippen LogP contribution < -0.4 is 0 Å². The van der Waals surface area contributed by atoms with Gasteiger partial charge in [0.25, 0.3) is 0 Å². The van der Waals surface area contributed by atoms with Crippen LogP contribution in [0.1, 0.15) is 0 Å². The van der Waals surface area contributed by atoms with Gasteiger partial charge in [0.15, 0.2) is 0 Å². The summed E-state index contributed by atoms with van der Waals surface area (Å²) in [6.07, 6.45) is 1.89. The highest BCUT2D eigenvalue weighted by Gasteiger charge is 1.53. The van der Waals surface area contributed by atoms with Gasteiger partial charge in [-0.2, -0.15) is 45.8 Å². The van der Waals surface area contributed by atoms with Crippen LogP contribution in [-0.2, 0) is 0 Å². The van der Waals surface area contributed by atoms with Crippen LogP contribution in [0.2, 0.25) is 0 Å². The Balaban J connectivity index is 0. The molecule has 0 saturated heterocycles. The van der Waals surface area contributed by atoms with E-state index in [0.717, 1.165) is 12.2 Å². The van der Waals surface area contributed by atoms with Crippen molar-refractivity contribution in [2.45, 2.75) is 0 Å². The van der Waals surface area contributed by atoms with Crippen molar-refractivity contribution in [2.75, 3.05) is 0 Å². The average Bonchev–Trinajstić information content (AvgIpc) is 1.39. The minimum Gasteiger partial charge on any atom is -0.178 e. The molecule has 0 rings (SSSR count). The molecule has 0 bridgehead atoms. The first kappa shape index (κ1) is 10.3. The molecule has 0 atom stereocenters. The van der Waals surface area contributed by atoms with Crippen LogP contribution in [0.3, 0.4) is 0 Å². The third kappa shape index (κ3) is 58.5. The van der Waals surface area contributed by atoms with Crippen molar-refractivity contribution in [3.63, 3.8) is 0 Å². The maximum atomic E-state index is 4.64. The third-order valence-corrected chi connectivity index (χ3v) is 0. The predicted molar refractivity (Wildman–Crippen MR) is 34.9 cm³/mol. The highest BCUT2D eigenvalue weighted by atomic mass is 35.5. The van der Waals surface area contributed by atoms with Crippen molar-refractivity contribution in [3.05, 3.63) is 0 Å². The predicted octanol–water partition coefficient (Wildman–Crippen LogP) is 2.00. The maximum Gasteiger partial charge on any atom is 0.357 e. The fourth-order valence-electron chi connectivity index (χ4n) is 0. The van der Waals surface area contributed by atoms with E-state index in [4.69, 9.17) is 0 Å². The quantitative estimate of drug-likeness (QED) is 0.479. The Morgan fingerprint density at radius 3 is 0.667 bits per heavy atom. The molecule has 0 aromatic heterocycles. The zero-order chi connectivity index (χ0) is 5.41. The lowest BCUT2D eigenvalue weighted by atomic mass is 10.7. The summed E-state index contributed by atoms with van der Waals surface area (Å²) in [4.78, 5) is 0. The van der Waals surface area contributed by atoms with Crippen molar-refractivity contribution >= 4 is 58.1 Å². The summed E-state index contributed by atoms with van der Waals surface area (Å²) < 4.78 is 0. The van der Waals surface area contributed by atoms with Gasteiger partial charge in [0.1, 0.15) is 0 Å². The highest BCUT2D eigenvalue weighted by Crippen LogP contribution is 1.67. The largest absolute Gasteiger partial charge is 0.357 e. The topological polar surface area (TPSA) is 0 Å². The van der Waals surface area contributed by atoms with Crippen molar-refractivity contribution in [3.8, 4) is 0 Å². The summed E-state index contributed by atoms with van der Waals surface area (Å²) in [5.41, 5.74) is 0. The van der Waals surface area contributed by atoms with Gasteiger partial charge < -0.3 is 0 Å². The lowest BCUT2D eigenvalue weighted by Gasteiger charge is -1.35. The fourth-order valence-corrected chi connectivity index (χ4v) is 0. The summed E-state index contributed by atoms with van der Waals surface area (Å²) in [5, 5.41) is 0. The van der Waals surface area contributed by atoms with Crippen LogP contribution in [0.15, 0.2) is 0 Å². The van der Waals surface area contributed by atoms with E-state index in [0.29, 0.717) is 0 Å². The minimum atomic E-state index is 0.944. The lowest BCUT2D eigenvalue weighted by Crippen LogP contribution is -1.36. The molecule has 0 amide bonds. The Hall–Kier alpha value is 1.29. The zero-order valence-electron chi connectivity index (χ0n) is 2.67. The SMILES string of the molecule is Cl[B]Cl.Cl[B]Cl. The van der Waals surface area contributed by atoms with Crippen LogP contribution in [0.5, 0.6) is 0 Å². The highest BCUT2D eigenvalue weighted by molar-refractivity contribution is 7.22. The third-order valence-electron chi connectivity index (χ3n) is 0. The Morgan fingerprint density at radius 1 is 0.667 bits per heavy atom. The molecule has 0 unspecified atom stereocenters. The van der Waals surface area contributed by atoms with E-state index in [1.807, 2.05) is 0 Å². The second-order valence-electron chi connectivity index (χ2n) is 0.165. The van der Waals surface area contributed by atoms with E-state index in [9.17, 15) is 0 Å². The molecule has 0 heterocycles. The lowest BCUT2D eigenvalue weighted by molar-refractivity contribution is 4.39. The Morgan fingerprint density at radius 2 is 0.667 bits per heavy atom. The molecule has 0 aromatic rings. The summed E-state index contributed by atoms with van der Waals surface area (Å²) in [6.45, 7) is 0. The van der Waals surface area contributed by atoms with E-state index < -0.39 is 0 Å². The van der Waals surface area contributed by atoms with E-state index in [1.54, 1.807) is 0 Å². The molecule has 0 spiro atoms. The average molecular weight is 163 g/mol. The molecular weight excluding hydrogens is 163 g/mol. The molecular formula is B2Cl4. The molecule has 34 valence electrons. The van der Waals surface area contributed by atoms with Gasteiger partial charge in [0.2, 0.25) is 0 Å². The van der Waals surface area contributed by atoms with Gasteiger partial charge in [-0.15, -0.1) is 0 Å². The summed E-state index contributed by atoms with van der Waals surface area (Å²) in [6, 6.07) is 0. The van der Waals surface area contributed by atoms with Crippen molar-refractivity contribution in [1.82, 2.24) is 0 Å². The van der Waals surface area contributed by atoms with Gasteiger partial charge in [-0.1, -0.05) is 0 Å². The molecule has 0 nitrogen and oxygen atoms in total. The van der Waals surface area contributed by atoms with Crippen LogP contribution >= 0.6 is 45.8 Å². The second kappa shape index (κ2) is 16.3. The van der Waals surface area contributed by atoms with Crippen molar-refractivity contribution in [1.29, 1.82) is 0 Å². The van der Waals surface area contributed by atoms with Crippen LogP contribution in [0, 0.1) is 0 Å². The standard InChI is InChI=1S/2BCl2/c2*2-1-3. The van der Waals surface area contributed by atoms with Gasteiger partial charge >= 0.3 is 12.2 Å². The second-order valence-corrected chi connectivity index (χ2v) is 1.48. The Bertz CT molecular complexity index is 7.51. The van der Waals surface area contributed by atoms with E-state index in [1.165, 1.54) is 0 Å². The van der Waals surface area contributed by atoms with Crippen LogP contribution in [0.4, 0.5) is 0 Å². The Labute approximate surface area is 58.2 Å². The molecule has 0 aromatic carbocycles. The smallest absolute Gasteiger partial charge is 0.178 e. The van der Waals surface area contributed by atoms with E-state index >= 15 is 0 Å². The molecule has 6 heavy (non-hydrogen) atoms. The zero-order valence-corrected chi connectivity index (χ0v) is 5.69. The van der Waals surface area contributed by atoms with Crippen molar-refractivity contribution in [2.24, 2.45) is 0 Å². The molecule has 0 saturated carbocycles. The first-order chi connectivity index (χ1) is 2.83. The number of rotatable bonds is 0. The Kier molecular flexibility index (Phi) is 27.9. The number of hydrogen-bond acceptors (Lipinski definition) is 0. The molecule has 6 heteroatoms. The first-order valence-corrected chi connectivity index (χ1v) is 2.62. The number of halogens is 4. The maximum absolute atomic E-state index is 4.64. The summed E-state index contributed by atoms with van der Waals surface area (Å²) in [7, 11) is 0. The van der Waals surface area contributed by atoms with Gasteiger partial charge in [-0.25, -0.2) is 0 Å². The fraction of sp³-hybridized carbons (Fsp3) is 0.